The van der Waals surface area contributed by atoms with E-state index < -0.39 is 5.41 Å². The highest BCUT2D eigenvalue weighted by atomic mass is 16.2. The van der Waals surface area contributed by atoms with Crippen molar-refractivity contribution in [3.63, 3.8) is 0 Å². The van der Waals surface area contributed by atoms with Crippen molar-refractivity contribution in [1.29, 1.82) is 0 Å². The van der Waals surface area contributed by atoms with Gasteiger partial charge in [-0.05, 0) is 54.4 Å². The Morgan fingerprint density at radius 3 is 2.92 bits per heavy atom. The summed E-state index contributed by atoms with van der Waals surface area (Å²) in [5, 5.41) is 3.04. The fourth-order valence-corrected chi connectivity index (χ4v) is 4.35. The molecule has 1 aromatic heterocycles. The molecule has 2 aliphatic carbocycles. The van der Waals surface area contributed by atoms with Gasteiger partial charge < -0.3 is 5.32 Å². The molecule has 0 saturated heterocycles. The van der Waals surface area contributed by atoms with Crippen LogP contribution in [-0.2, 0) is 16.6 Å². The van der Waals surface area contributed by atoms with Crippen LogP contribution in [0.5, 0.6) is 0 Å². The third-order valence-electron chi connectivity index (χ3n) is 5.74. The highest BCUT2D eigenvalue weighted by Gasteiger charge is 2.51. The van der Waals surface area contributed by atoms with Crippen molar-refractivity contribution >= 4 is 11.7 Å². The van der Waals surface area contributed by atoms with Crippen molar-refractivity contribution < 1.29 is 4.79 Å². The van der Waals surface area contributed by atoms with Gasteiger partial charge in [0.2, 0.25) is 5.91 Å². The number of nitrogens with zero attached hydrogens (tertiary/aromatic N) is 2. The monoisotopic (exact) mass is 317 g/mol. The van der Waals surface area contributed by atoms with Crippen molar-refractivity contribution in [2.45, 2.75) is 37.0 Å². The first-order valence-electron chi connectivity index (χ1n) is 8.61. The first-order chi connectivity index (χ1) is 11.7. The van der Waals surface area contributed by atoms with Crippen molar-refractivity contribution in [1.82, 2.24) is 10.3 Å². The molecule has 24 heavy (non-hydrogen) atoms. The van der Waals surface area contributed by atoms with Gasteiger partial charge in [-0.15, -0.1) is 0 Å². The molecule has 1 aliphatic heterocycles. The van der Waals surface area contributed by atoms with E-state index in [1.54, 1.807) is 7.05 Å². The average molecular weight is 317 g/mol. The molecule has 3 aliphatic rings. The third-order valence-corrected chi connectivity index (χ3v) is 5.74. The normalized spacial score (nSPS) is 26.4. The summed E-state index contributed by atoms with van der Waals surface area (Å²) in [7, 11) is 1.73. The van der Waals surface area contributed by atoms with Crippen molar-refractivity contribution in [3.8, 4) is 0 Å². The second-order valence-corrected chi connectivity index (χ2v) is 7.01. The lowest BCUT2D eigenvalue weighted by Gasteiger charge is -2.36. The Kier molecular flexibility index (Phi) is 2.76. The van der Waals surface area contributed by atoms with Gasteiger partial charge in [0.15, 0.2) is 0 Å². The molecule has 1 amide bonds. The van der Waals surface area contributed by atoms with Crippen LogP contribution in [0.2, 0.25) is 0 Å². The van der Waals surface area contributed by atoms with Crippen LogP contribution in [0.25, 0.3) is 0 Å². The van der Waals surface area contributed by atoms with Crippen molar-refractivity contribution in [2.24, 2.45) is 4.99 Å². The molecule has 2 heterocycles. The van der Waals surface area contributed by atoms with Crippen LogP contribution in [0.4, 0.5) is 0 Å². The molecule has 1 fully saturated rings. The second kappa shape index (κ2) is 4.76. The number of carbonyl (C=O) groups is 1. The van der Waals surface area contributed by atoms with Gasteiger partial charge in [-0.2, -0.15) is 0 Å². The number of aryl methyl sites for hydroxylation is 1. The molecule has 1 N–H and O–H groups in total. The number of pyridine rings is 1. The molecule has 4 heteroatoms. The van der Waals surface area contributed by atoms with Crippen LogP contribution in [0.3, 0.4) is 0 Å². The molecule has 1 spiro atoms. The molecule has 1 atom stereocenters. The summed E-state index contributed by atoms with van der Waals surface area (Å²) in [6, 6.07) is 10.6. The number of carbonyl (C=O) groups excluding carboxylic acids is 1. The van der Waals surface area contributed by atoms with Crippen LogP contribution in [0.15, 0.2) is 41.5 Å². The van der Waals surface area contributed by atoms with Crippen LogP contribution >= 0.6 is 0 Å². The zero-order chi connectivity index (χ0) is 16.3. The van der Waals surface area contributed by atoms with E-state index in [2.05, 4.69) is 39.6 Å². The predicted molar refractivity (Wildman–Crippen MR) is 92.4 cm³/mol. The van der Waals surface area contributed by atoms with E-state index in [4.69, 9.17) is 0 Å². The molecule has 4 nitrogen and oxygen atoms in total. The minimum Gasteiger partial charge on any atom is -0.309 e. The fraction of sp³-hybridized carbons (Fsp3) is 0.350. The highest BCUT2D eigenvalue weighted by molar-refractivity contribution is 6.17. The summed E-state index contributed by atoms with van der Waals surface area (Å²) in [5.41, 5.74) is 5.02. The third kappa shape index (κ3) is 1.71. The smallest absolute Gasteiger partial charge is 0.240 e. The van der Waals surface area contributed by atoms with Gasteiger partial charge in [0.25, 0.3) is 0 Å². The zero-order valence-corrected chi connectivity index (χ0v) is 13.7. The number of aliphatic imine (C=N–C) groups is 1. The summed E-state index contributed by atoms with van der Waals surface area (Å²) < 4.78 is 0. The molecular formula is C20H19N3O. The minimum absolute atomic E-state index is 0.0373. The Morgan fingerprint density at radius 2 is 2.12 bits per heavy atom. The van der Waals surface area contributed by atoms with Gasteiger partial charge in [0.1, 0.15) is 11.3 Å². The maximum atomic E-state index is 13.2. The Bertz CT molecular complexity index is 898. The topological polar surface area (TPSA) is 54.4 Å². The van der Waals surface area contributed by atoms with E-state index in [1.165, 1.54) is 18.4 Å². The first kappa shape index (κ1) is 13.9. The Labute approximate surface area is 141 Å². The number of amides is 1. The lowest BCUT2D eigenvalue weighted by Crippen LogP contribution is -2.52. The summed E-state index contributed by atoms with van der Waals surface area (Å²) in [6.45, 7) is 0. The number of hydrogen-bond acceptors (Lipinski definition) is 3. The molecule has 120 valence electrons. The predicted octanol–water partition coefficient (Wildman–Crippen LogP) is 2.70. The maximum Gasteiger partial charge on any atom is 0.240 e. The van der Waals surface area contributed by atoms with Crippen LogP contribution in [-0.4, -0.2) is 23.8 Å². The van der Waals surface area contributed by atoms with Crippen LogP contribution < -0.4 is 5.32 Å². The number of benzene rings is 1. The van der Waals surface area contributed by atoms with E-state index in [0.717, 1.165) is 35.2 Å². The van der Waals surface area contributed by atoms with Gasteiger partial charge in [-0.1, -0.05) is 24.3 Å². The van der Waals surface area contributed by atoms with E-state index in [9.17, 15) is 4.79 Å². The Balaban J connectivity index is 1.80. The lowest BCUT2D eigenvalue weighted by molar-refractivity contribution is -0.124. The van der Waals surface area contributed by atoms with Crippen LogP contribution in [0, 0.1) is 0 Å². The molecule has 0 unspecified atom stereocenters. The average Bonchev–Trinajstić information content (AvgIpc) is 3.40. The molecule has 1 aromatic carbocycles. The van der Waals surface area contributed by atoms with Gasteiger partial charge in [0.05, 0.1) is 0 Å². The number of nitrogens with one attached hydrogen (secondary N) is 1. The molecule has 0 bridgehead atoms. The summed E-state index contributed by atoms with van der Waals surface area (Å²) >= 11 is 0. The molecular weight excluding hydrogens is 298 g/mol. The van der Waals surface area contributed by atoms with Crippen molar-refractivity contribution in [3.05, 3.63) is 64.5 Å². The van der Waals surface area contributed by atoms with E-state index in [-0.39, 0.29) is 5.91 Å². The van der Waals surface area contributed by atoms with E-state index in [1.807, 2.05) is 12.3 Å². The second-order valence-electron chi connectivity index (χ2n) is 7.01. The fourth-order valence-electron chi connectivity index (χ4n) is 4.35. The molecule has 1 saturated carbocycles. The van der Waals surface area contributed by atoms with Gasteiger partial charge >= 0.3 is 0 Å². The molecule has 0 radical (unpaired) electrons. The Morgan fingerprint density at radius 1 is 1.25 bits per heavy atom. The number of rotatable bonds is 1. The molecule has 5 rings (SSSR count). The number of hydrogen-bond donors (Lipinski definition) is 1. The largest absolute Gasteiger partial charge is 0.309 e. The summed E-state index contributed by atoms with van der Waals surface area (Å²) in [6.07, 6.45) is 5.95. The lowest BCUT2D eigenvalue weighted by atomic mass is 9.70. The molecule has 2 aromatic rings. The number of fused-ring (bicyclic) bond motifs is 4. The maximum absolute atomic E-state index is 13.2. The zero-order valence-electron chi connectivity index (χ0n) is 13.7. The van der Waals surface area contributed by atoms with Crippen molar-refractivity contribution in [2.75, 3.05) is 7.05 Å². The SMILES string of the molecule is CN=C1NC(=O)[C@@]2(CCc3ncccc32)c2cc(C3CC3)ccc21. The van der Waals surface area contributed by atoms with Gasteiger partial charge in [-0.25, -0.2) is 0 Å². The highest BCUT2D eigenvalue weighted by Crippen LogP contribution is 2.49. The van der Waals surface area contributed by atoms with E-state index >= 15 is 0 Å². The van der Waals surface area contributed by atoms with Gasteiger partial charge in [0, 0.05) is 24.5 Å². The first-order valence-corrected chi connectivity index (χ1v) is 8.61. The summed E-state index contributed by atoms with van der Waals surface area (Å²) in [4.78, 5) is 22.0. The van der Waals surface area contributed by atoms with Crippen LogP contribution in [0.1, 0.15) is 53.1 Å². The van der Waals surface area contributed by atoms with E-state index in [0.29, 0.717) is 11.8 Å². The number of amidine groups is 1. The summed E-state index contributed by atoms with van der Waals surface area (Å²) in [5.74, 6) is 1.38. The quantitative estimate of drug-likeness (QED) is 0.879. The number of aromatic nitrogens is 1. The minimum atomic E-state index is -0.613. The standard InChI is InChI=1S/C20H19N3O/c1-21-18-14-7-6-13(12-4-5-12)11-16(14)20(19(24)23-18)9-8-17-15(20)3-2-10-22-17/h2-3,6-7,10-12H,4-5,8-9H2,1H3,(H,21,23,24)/t20-/m1/s1. The Hall–Kier alpha value is -2.49. The van der Waals surface area contributed by atoms with Gasteiger partial charge in [-0.3, -0.25) is 14.8 Å².